The van der Waals surface area contributed by atoms with E-state index in [1.165, 1.54) is 19.0 Å². The zero-order chi connectivity index (χ0) is 10.4. The van der Waals surface area contributed by atoms with Crippen molar-refractivity contribution in [3.05, 3.63) is 11.8 Å². The number of halogens is 2. The second-order valence-corrected chi connectivity index (χ2v) is 2.52. The van der Waals surface area contributed by atoms with Crippen molar-refractivity contribution in [2.24, 2.45) is 0 Å². The van der Waals surface area contributed by atoms with Crippen molar-refractivity contribution in [2.75, 3.05) is 20.7 Å². The molecule has 0 saturated carbocycles. The Morgan fingerprint density at radius 2 is 2.08 bits per heavy atom. The number of carbonyl (C=O) groups excluding carboxylic acids is 1. The predicted molar refractivity (Wildman–Crippen MR) is 44.4 cm³/mol. The average Bonchev–Trinajstić information content (AvgIpc) is 1.99. The fourth-order valence-electron chi connectivity index (χ4n) is 0.692. The predicted octanol–water partition coefficient (Wildman–Crippen LogP) is 1.26. The Bertz CT molecular complexity index is 192. The smallest absolute Gasteiger partial charge is 0.332 e. The minimum atomic E-state index is -2.67. The van der Waals surface area contributed by atoms with E-state index in [0.717, 1.165) is 6.08 Å². The van der Waals surface area contributed by atoms with Gasteiger partial charge in [-0.2, -0.15) is 0 Å². The normalized spacial score (nSPS) is 11.7. The maximum atomic E-state index is 12.2. The highest BCUT2D eigenvalue weighted by molar-refractivity contribution is 5.82. The summed E-state index contributed by atoms with van der Waals surface area (Å²) in [7, 11) is 2.88. The zero-order valence-corrected chi connectivity index (χ0v) is 7.88. The van der Waals surface area contributed by atoms with Crippen LogP contribution >= 0.6 is 0 Å². The molecule has 0 radical (unpaired) electrons. The summed E-state index contributed by atoms with van der Waals surface area (Å²) in [5, 5.41) is 0. The lowest BCUT2D eigenvalue weighted by Crippen LogP contribution is -2.19. The van der Waals surface area contributed by atoms with Crippen molar-refractivity contribution >= 4 is 5.97 Å². The highest BCUT2D eigenvalue weighted by Crippen LogP contribution is 2.10. The Balaban J connectivity index is 4.44. The molecule has 0 aromatic rings. The number of hydrogen-bond acceptors (Lipinski definition) is 3. The van der Waals surface area contributed by atoms with Gasteiger partial charge in [0.05, 0.1) is 12.3 Å². The van der Waals surface area contributed by atoms with E-state index in [1.807, 2.05) is 0 Å². The molecule has 0 spiro atoms. The molecule has 0 atom stereocenters. The van der Waals surface area contributed by atoms with E-state index in [4.69, 9.17) is 0 Å². The number of alkyl halides is 2. The topological polar surface area (TPSA) is 29.5 Å². The molecule has 0 bridgehead atoms. The zero-order valence-electron chi connectivity index (χ0n) is 7.88. The van der Waals surface area contributed by atoms with Crippen molar-refractivity contribution in [2.45, 2.75) is 13.3 Å². The van der Waals surface area contributed by atoms with Crippen LogP contribution in [-0.4, -0.2) is 38.0 Å². The number of esters is 1. The summed E-state index contributed by atoms with van der Waals surface area (Å²) in [5.74, 6) is -0.744. The van der Waals surface area contributed by atoms with Crippen molar-refractivity contribution in [3.8, 4) is 0 Å². The molecule has 0 aromatic carbocycles. The number of rotatable bonds is 4. The fourth-order valence-corrected chi connectivity index (χ4v) is 0.692. The van der Waals surface area contributed by atoms with Gasteiger partial charge in [0.15, 0.2) is 0 Å². The van der Waals surface area contributed by atoms with Gasteiger partial charge in [0.25, 0.3) is 6.43 Å². The molecule has 0 N–H and O–H groups in total. The number of carbonyl (C=O) groups is 1. The minimum absolute atomic E-state index is 0.180. The van der Waals surface area contributed by atoms with Crippen LogP contribution in [0.5, 0.6) is 0 Å². The molecule has 0 fully saturated rings. The van der Waals surface area contributed by atoms with Crippen molar-refractivity contribution < 1.29 is 18.3 Å². The van der Waals surface area contributed by atoms with Crippen molar-refractivity contribution in [1.82, 2.24) is 4.90 Å². The van der Waals surface area contributed by atoms with E-state index in [0.29, 0.717) is 0 Å². The van der Waals surface area contributed by atoms with Gasteiger partial charge in [-0.05, 0) is 6.92 Å². The lowest BCUT2D eigenvalue weighted by atomic mass is 10.4. The van der Waals surface area contributed by atoms with Crippen LogP contribution in [0.15, 0.2) is 11.8 Å². The van der Waals surface area contributed by atoms with Crippen molar-refractivity contribution in [3.63, 3.8) is 0 Å². The quantitative estimate of drug-likeness (QED) is 0.497. The number of allylic oxidation sites excluding steroid dienone is 1. The van der Waals surface area contributed by atoms with Gasteiger partial charge in [-0.1, -0.05) is 0 Å². The minimum Gasteiger partial charge on any atom is -0.463 e. The fraction of sp³-hybridized carbons (Fsp3) is 0.625. The maximum Gasteiger partial charge on any atom is 0.332 e. The van der Waals surface area contributed by atoms with Crippen LogP contribution in [-0.2, 0) is 9.53 Å². The lowest BCUT2D eigenvalue weighted by Gasteiger charge is -2.15. The van der Waals surface area contributed by atoms with Gasteiger partial charge >= 0.3 is 5.97 Å². The highest BCUT2D eigenvalue weighted by atomic mass is 19.3. The Morgan fingerprint density at radius 3 is 2.38 bits per heavy atom. The van der Waals surface area contributed by atoms with Crippen LogP contribution in [0.1, 0.15) is 6.92 Å². The first-order chi connectivity index (χ1) is 5.99. The van der Waals surface area contributed by atoms with Gasteiger partial charge in [0.1, 0.15) is 0 Å². The van der Waals surface area contributed by atoms with Crippen LogP contribution < -0.4 is 0 Å². The van der Waals surface area contributed by atoms with Crippen LogP contribution in [0, 0.1) is 0 Å². The molecule has 13 heavy (non-hydrogen) atoms. The third kappa shape index (κ3) is 4.45. The van der Waals surface area contributed by atoms with Gasteiger partial charge < -0.3 is 9.64 Å². The van der Waals surface area contributed by atoms with Gasteiger partial charge in [-0.3, -0.25) is 0 Å². The van der Waals surface area contributed by atoms with Crippen LogP contribution in [0.25, 0.3) is 0 Å². The van der Waals surface area contributed by atoms with Crippen molar-refractivity contribution in [1.29, 1.82) is 0 Å². The number of ether oxygens (including phenoxy) is 1. The SMILES string of the molecule is CCOC(=O)/C=C(\C(F)F)N(C)C. The lowest BCUT2D eigenvalue weighted by molar-refractivity contribution is -0.137. The van der Waals surface area contributed by atoms with E-state index in [2.05, 4.69) is 4.74 Å². The van der Waals surface area contributed by atoms with E-state index in [9.17, 15) is 13.6 Å². The van der Waals surface area contributed by atoms with Crippen LogP contribution in [0.2, 0.25) is 0 Å². The van der Waals surface area contributed by atoms with Gasteiger partial charge in [-0.15, -0.1) is 0 Å². The largest absolute Gasteiger partial charge is 0.463 e. The van der Waals surface area contributed by atoms with Gasteiger partial charge in [0, 0.05) is 20.2 Å². The standard InChI is InChI=1S/C8H13F2NO2/c1-4-13-7(12)5-6(8(9)10)11(2)3/h5,8H,4H2,1-3H3/b6-5+. The van der Waals surface area contributed by atoms with Gasteiger partial charge in [0.2, 0.25) is 0 Å². The summed E-state index contributed by atoms with van der Waals surface area (Å²) in [6.07, 6.45) is -1.87. The first kappa shape index (κ1) is 11.9. The summed E-state index contributed by atoms with van der Waals surface area (Å²) in [5.41, 5.74) is -0.349. The van der Waals surface area contributed by atoms with E-state index in [1.54, 1.807) is 6.92 Å². The van der Waals surface area contributed by atoms with Gasteiger partial charge in [-0.25, -0.2) is 13.6 Å². The molecule has 0 saturated heterocycles. The molecule has 0 unspecified atom stereocenters. The third-order valence-corrected chi connectivity index (χ3v) is 1.29. The summed E-state index contributed by atoms with van der Waals surface area (Å²) in [6, 6.07) is 0. The molecule has 0 aliphatic heterocycles. The molecule has 0 aromatic heterocycles. The molecule has 0 aliphatic carbocycles. The van der Waals surface area contributed by atoms with Crippen LogP contribution in [0.4, 0.5) is 8.78 Å². The van der Waals surface area contributed by atoms with E-state index in [-0.39, 0.29) is 12.3 Å². The second-order valence-electron chi connectivity index (χ2n) is 2.52. The van der Waals surface area contributed by atoms with E-state index < -0.39 is 12.4 Å². The molecular weight excluding hydrogens is 180 g/mol. The van der Waals surface area contributed by atoms with Crippen LogP contribution in [0.3, 0.4) is 0 Å². The molecule has 76 valence electrons. The first-order valence-corrected chi connectivity index (χ1v) is 3.82. The van der Waals surface area contributed by atoms with E-state index >= 15 is 0 Å². The summed E-state index contributed by atoms with van der Waals surface area (Å²) < 4.78 is 29.0. The molecule has 5 heteroatoms. The summed E-state index contributed by atoms with van der Waals surface area (Å²) in [6.45, 7) is 1.79. The molecule has 0 amide bonds. The summed E-state index contributed by atoms with van der Waals surface area (Å²) in [4.78, 5) is 12.0. The molecule has 3 nitrogen and oxygen atoms in total. The molecule has 0 heterocycles. The average molecular weight is 193 g/mol. The second kappa shape index (κ2) is 5.50. The highest BCUT2D eigenvalue weighted by Gasteiger charge is 2.15. The number of nitrogens with zero attached hydrogens (tertiary/aromatic N) is 1. The first-order valence-electron chi connectivity index (χ1n) is 3.82. The summed E-state index contributed by atoms with van der Waals surface area (Å²) >= 11 is 0. The Morgan fingerprint density at radius 1 is 1.54 bits per heavy atom. The third-order valence-electron chi connectivity index (χ3n) is 1.29. The maximum absolute atomic E-state index is 12.2. The Kier molecular flexibility index (Phi) is 5.03. The molecule has 0 rings (SSSR count). The Labute approximate surface area is 76.0 Å². The monoisotopic (exact) mass is 193 g/mol. The Hall–Kier alpha value is -1.13. The molecular formula is C8H13F2NO2. The number of hydrogen-bond donors (Lipinski definition) is 0. The molecule has 0 aliphatic rings.